The Hall–Kier alpha value is -1.63. The average molecular weight is 336 g/mol. The molecule has 0 spiro atoms. The van der Waals surface area contributed by atoms with Crippen LogP contribution in [0.5, 0.6) is 0 Å². The molecule has 2 aromatic heterocycles. The highest BCUT2D eigenvalue weighted by atomic mass is 35.5. The monoisotopic (exact) mass is 335 g/mol. The van der Waals surface area contributed by atoms with Gasteiger partial charge in [-0.05, 0) is 24.6 Å². The van der Waals surface area contributed by atoms with E-state index in [1.165, 1.54) is 5.56 Å². The average Bonchev–Trinajstić information content (AvgIpc) is 2.96. The third-order valence-electron chi connectivity index (χ3n) is 4.00. The normalized spacial score (nSPS) is 15.1. The molecule has 0 amide bonds. The molecule has 124 valence electrons. The lowest BCUT2D eigenvalue weighted by molar-refractivity contribution is 0.122. The Morgan fingerprint density at radius 2 is 2.09 bits per heavy atom. The van der Waals surface area contributed by atoms with E-state index >= 15 is 0 Å². The number of imidazole rings is 1. The highest BCUT2D eigenvalue weighted by Crippen LogP contribution is 2.16. The van der Waals surface area contributed by atoms with Crippen molar-refractivity contribution in [3.63, 3.8) is 0 Å². The van der Waals surface area contributed by atoms with Crippen LogP contribution in [0.3, 0.4) is 0 Å². The minimum absolute atomic E-state index is 0.572. The molecule has 3 heterocycles. The third kappa shape index (κ3) is 4.02. The van der Waals surface area contributed by atoms with Crippen LogP contribution in [0, 0.1) is 0 Å². The van der Waals surface area contributed by atoms with Crippen molar-refractivity contribution >= 4 is 17.4 Å². The summed E-state index contributed by atoms with van der Waals surface area (Å²) in [7, 11) is 0. The van der Waals surface area contributed by atoms with E-state index < -0.39 is 0 Å². The molecule has 0 saturated carbocycles. The fourth-order valence-corrected chi connectivity index (χ4v) is 2.91. The van der Waals surface area contributed by atoms with Crippen LogP contribution in [0.1, 0.15) is 18.2 Å². The molecule has 0 bridgehead atoms. The van der Waals surface area contributed by atoms with E-state index in [1.807, 2.05) is 12.3 Å². The molecule has 0 aliphatic carbocycles. The third-order valence-corrected chi connectivity index (χ3v) is 4.32. The Balaban J connectivity index is 1.59. The minimum atomic E-state index is 0.572. The van der Waals surface area contributed by atoms with Gasteiger partial charge in [0.1, 0.15) is 5.82 Å². The molecule has 0 aromatic carbocycles. The second-order valence-electron chi connectivity index (χ2n) is 5.49. The summed E-state index contributed by atoms with van der Waals surface area (Å²) in [5.74, 6) is 1.02. The molecular formula is C16H22ClN5O. The number of halogens is 1. The van der Waals surface area contributed by atoms with Gasteiger partial charge in [-0.2, -0.15) is 0 Å². The topological polar surface area (TPSA) is 55.2 Å². The fourth-order valence-electron chi connectivity index (χ4n) is 2.69. The molecule has 23 heavy (non-hydrogen) atoms. The van der Waals surface area contributed by atoms with Crippen molar-refractivity contribution in [1.82, 2.24) is 19.9 Å². The summed E-state index contributed by atoms with van der Waals surface area (Å²) in [6.07, 6.45) is 3.65. The van der Waals surface area contributed by atoms with Crippen molar-refractivity contribution in [2.45, 2.75) is 26.6 Å². The number of rotatable bonds is 6. The van der Waals surface area contributed by atoms with Crippen molar-refractivity contribution in [2.24, 2.45) is 0 Å². The minimum Gasteiger partial charge on any atom is -0.378 e. The zero-order valence-corrected chi connectivity index (χ0v) is 14.1. The van der Waals surface area contributed by atoms with Crippen molar-refractivity contribution in [1.29, 1.82) is 0 Å². The lowest BCUT2D eigenvalue weighted by atomic mass is 10.2. The lowest BCUT2D eigenvalue weighted by Crippen LogP contribution is -2.36. The van der Waals surface area contributed by atoms with Gasteiger partial charge in [-0.1, -0.05) is 11.6 Å². The number of anilines is 1. The summed E-state index contributed by atoms with van der Waals surface area (Å²) in [5, 5.41) is 4.01. The second-order valence-corrected chi connectivity index (χ2v) is 5.85. The van der Waals surface area contributed by atoms with Gasteiger partial charge in [0.2, 0.25) is 0 Å². The standard InChI is InChI=1S/C16H22ClN5O/c1-2-21-12-20-16(17)14(21)11-18-10-13-3-4-19-15(9-13)22-5-7-23-8-6-22/h3-4,9,12,18H,2,5-8,10-11H2,1H3. The van der Waals surface area contributed by atoms with E-state index in [0.717, 1.165) is 50.9 Å². The Kier molecular flexibility index (Phi) is 5.48. The van der Waals surface area contributed by atoms with Gasteiger partial charge in [0.15, 0.2) is 5.15 Å². The Morgan fingerprint density at radius 1 is 1.26 bits per heavy atom. The van der Waals surface area contributed by atoms with Crippen LogP contribution < -0.4 is 10.2 Å². The lowest BCUT2D eigenvalue weighted by Gasteiger charge is -2.28. The first-order valence-electron chi connectivity index (χ1n) is 7.95. The molecule has 1 saturated heterocycles. The van der Waals surface area contributed by atoms with E-state index in [0.29, 0.717) is 11.7 Å². The van der Waals surface area contributed by atoms with Crippen LogP contribution >= 0.6 is 11.6 Å². The Bertz CT molecular complexity index is 639. The maximum absolute atomic E-state index is 6.13. The number of nitrogens with zero attached hydrogens (tertiary/aromatic N) is 4. The zero-order chi connectivity index (χ0) is 16.1. The summed E-state index contributed by atoms with van der Waals surface area (Å²) in [4.78, 5) is 10.9. The Labute approximate surface area is 141 Å². The van der Waals surface area contributed by atoms with Gasteiger partial charge < -0.3 is 19.5 Å². The van der Waals surface area contributed by atoms with Gasteiger partial charge in [0.05, 0.1) is 25.2 Å². The number of hydrogen-bond donors (Lipinski definition) is 1. The van der Waals surface area contributed by atoms with E-state index in [1.54, 1.807) is 6.33 Å². The number of morpholine rings is 1. The molecule has 1 fully saturated rings. The summed E-state index contributed by atoms with van der Waals surface area (Å²) >= 11 is 6.13. The predicted molar refractivity (Wildman–Crippen MR) is 90.7 cm³/mol. The van der Waals surface area contributed by atoms with Crippen LogP contribution in [0.4, 0.5) is 5.82 Å². The molecule has 1 aliphatic heterocycles. The van der Waals surface area contributed by atoms with E-state index in [-0.39, 0.29) is 0 Å². The Morgan fingerprint density at radius 3 is 2.87 bits per heavy atom. The molecule has 2 aromatic rings. The van der Waals surface area contributed by atoms with Gasteiger partial charge in [-0.25, -0.2) is 9.97 Å². The first-order chi connectivity index (χ1) is 11.3. The SMILES string of the molecule is CCn1cnc(Cl)c1CNCc1ccnc(N2CCOCC2)c1. The number of aromatic nitrogens is 3. The highest BCUT2D eigenvalue weighted by molar-refractivity contribution is 6.30. The number of hydrogen-bond acceptors (Lipinski definition) is 5. The van der Waals surface area contributed by atoms with Crippen LogP contribution in [0.15, 0.2) is 24.7 Å². The van der Waals surface area contributed by atoms with E-state index in [4.69, 9.17) is 16.3 Å². The highest BCUT2D eigenvalue weighted by Gasteiger charge is 2.12. The molecule has 7 heteroatoms. The number of ether oxygens (including phenoxy) is 1. The molecular weight excluding hydrogens is 314 g/mol. The molecule has 0 radical (unpaired) electrons. The summed E-state index contributed by atoms with van der Waals surface area (Å²) in [5.41, 5.74) is 2.23. The second kappa shape index (κ2) is 7.77. The summed E-state index contributed by atoms with van der Waals surface area (Å²) in [6.45, 7) is 7.75. The number of pyridine rings is 1. The molecule has 0 unspecified atom stereocenters. The van der Waals surface area contributed by atoms with Gasteiger partial charge >= 0.3 is 0 Å². The maximum atomic E-state index is 6.13. The van der Waals surface area contributed by atoms with E-state index in [2.05, 4.69) is 37.7 Å². The van der Waals surface area contributed by atoms with Crippen molar-refractivity contribution in [3.05, 3.63) is 41.1 Å². The first-order valence-corrected chi connectivity index (χ1v) is 8.33. The molecule has 0 atom stereocenters. The quantitative estimate of drug-likeness (QED) is 0.876. The van der Waals surface area contributed by atoms with Gasteiger partial charge in [-0.3, -0.25) is 0 Å². The van der Waals surface area contributed by atoms with Crippen LogP contribution in [0.2, 0.25) is 5.15 Å². The number of aryl methyl sites for hydroxylation is 1. The van der Waals surface area contributed by atoms with Crippen LogP contribution in [0.25, 0.3) is 0 Å². The fraction of sp³-hybridized carbons (Fsp3) is 0.500. The van der Waals surface area contributed by atoms with Gasteiger partial charge in [0, 0.05) is 38.9 Å². The van der Waals surface area contributed by atoms with Crippen molar-refractivity contribution in [2.75, 3.05) is 31.2 Å². The van der Waals surface area contributed by atoms with Crippen molar-refractivity contribution < 1.29 is 4.74 Å². The van der Waals surface area contributed by atoms with Gasteiger partial charge in [-0.15, -0.1) is 0 Å². The van der Waals surface area contributed by atoms with Gasteiger partial charge in [0.25, 0.3) is 0 Å². The number of nitrogens with one attached hydrogen (secondary N) is 1. The van der Waals surface area contributed by atoms with E-state index in [9.17, 15) is 0 Å². The maximum Gasteiger partial charge on any atom is 0.151 e. The van der Waals surface area contributed by atoms with Crippen LogP contribution in [-0.2, 0) is 24.4 Å². The largest absolute Gasteiger partial charge is 0.378 e. The predicted octanol–water partition coefficient (Wildman–Crippen LogP) is 2.08. The smallest absolute Gasteiger partial charge is 0.151 e. The first kappa shape index (κ1) is 16.2. The van der Waals surface area contributed by atoms with Crippen molar-refractivity contribution in [3.8, 4) is 0 Å². The summed E-state index contributed by atoms with van der Waals surface area (Å²) < 4.78 is 7.44. The molecule has 1 N–H and O–H groups in total. The molecule has 1 aliphatic rings. The zero-order valence-electron chi connectivity index (χ0n) is 13.3. The summed E-state index contributed by atoms with van der Waals surface area (Å²) in [6, 6.07) is 4.17. The molecule has 3 rings (SSSR count). The molecule has 6 nitrogen and oxygen atoms in total. The van der Waals surface area contributed by atoms with Crippen LogP contribution in [-0.4, -0.2) is 40.8 Å².